The third kappa shape index (κ3) is 4.52. The normalized spacial score (nSPS) is 28.8. The van der Waals surface area contributed by atoms with Gasteiger partial charge in [0.1, 0.15) is 0 Å². The molecule has 3 nitrogen and oxygen atoms in total. The summed E-state index contributed by atoms with van der Waals surface area (Å²) in [7, 11) is 1.77. The molecule has 2 rings (SSSR count). The Balaban J connectivity index is 1.78. The van der Waals surface area contributed by atoms with Gasteiger partial charge in [0.05, 0.1) is 12.7 Å². The van der Waals surface area contributed by atoms with Crippen LogP contribution < -0.4 is 0 Å². The zero-order chi connectivity index (χ0) is 12.6. The fourth-order valence-corrected chi connectivity index (χ4v) is 3.30. The fourth-order valence-electron chi connectivity index (χ4n) is 3.30. The van der Waals surface area contributed by atoms with Crippen LogP contribution in [0.2, 0.25) is 0 Å². The van der Waals surface area contributed by atoms with Crippen molar-refractivity contribution in [2.45, 2.75) is 63.5 Å². The van der Waals surface area contributed by atoms with Gasteiger partial charge in [-0.3, -0.25) is 4.90 Å². The van der Waals surface area contributed by atoms with Crippen molar-refractivity contribution in [2.24, 2.45) is 0 Å². The minimum atomic E-state index is 0.393. The molecular formula is C15H29NO2. The first-order valence-corrected chi connectivity index (χ1v) is 7.74. The molecule has 0 aromatic rings. The average molecular weight is 255 g/mol. The number of hydrogen-bond donors (Lipinski definition) is 0. The molecule has 2 aliphatic rings. The van der Waals surface area contributed by atoms with Crippen molar-refractivity contribution in [3.63, 3.8) is 0 Å². The van der Waals surface area contributed by atoms with E-state index in [1.54, 1.807) is 7.11 Å². The van der Waals surface area contributed by atoms with Crippen LogP contribution in [-0.2, 0) is 9.47 Å². The van der Waals surface area contributed by atoms with Crippen molar-refractivity contribution in [1.29, 1.82) is 0 Å². The number of nitrogens with zero attached hydrogens (tertiary/aromatic N) is 1. The predicted octanol–water partition coefficient (Wildman–Crippen LogP) is 2.84. The molecule has 1 saturated carbocycles. The Morgan fingerprint density at radius 1 is 1.11 bits per heavy atom. The van der Waals surface area contributed by atoms with Crippen LogP contribution in [0, 0.1) is 0 Å². The highest BCUT2D eigenvalue weighted by Gasteiger charge is 2.26. The van der Waals surface area contributed by atoms with Crippen LogP contribution in [0.25, 0.3) is 0 Å². The smallest absolute Gasteiger partial charge is 0.0724 e. The van der Waals surface area contributed by atoms with Crippen LogP contribution in [0.5, 0.6) is 0 Å². The van der Waals surface area contributed by atoms with Crippen LogP contribution in [0.15, 0.2) is 0 Å². The summed E-state index contributed by atoms with van der Waals surface area (Å²) in [6.45, 7) is 3.98. The molecule has 3 heteroatoms. The third-order valence-electron chi connectivity index (χ3n) is 4.41. The Hall–Kier alpha value is -0.120. The van der Waals surface area contributed by atoms with Crippen LogP contribution in [-0.4, -0.2) is 50.5 Å². The molecule has 0 amide bonds. The second-order valence-corrected chi connectivity index (χ2v) is 5.77. The quantitative estimate of drug-likeness (QED) is 0.771. The maximum absolute atomic E-state index is 5.84. The van der Waals surface area contributed by atoms with E-state index in [0.29, 0.717) is 6.10 Å². The number of hydrogen-bond acceptors (Lipinski definition) is 3. The van der Waals surface area contributed by atoms with Crippen molar-refractivity contribution in [1.82, 2.24) is 4.90 Å². The van der Waals surface area contributed by atoms with Gasteiger partial charge >= 0.3 is 0 Å². The maximum atomic E-state index is 5.84. The molecule has 1 aliphatic carbocycles. The summed E-state index contributed by atoms with van der Waals surface area (Å²) in [5.74, 6) is 0. The van der Waals surface area contributed by atoms with Crippen molar-refractivity contribution < 1.29 is 9.47 Å². The Bertz CT molecular complexity index is 215. The van der Waals surface area contributed by atoms with E-state index in [1.165, 1.54) is 44.9 Å². The first-order chi connectivity index (χ1) is 8.90. The zero-order valence-corrected chi connectivity index (χ0v) is 11.9. The van der Waals surface area contributed by atoms with Crippen LogP contribution >= 0.6 is 0 Å². The standard InChI is InChI=1S/C15H29NO2/c1-17-11-9-15-13-16(10-12-18-15)14-7-5-3-2-4-6-8-14/h14-15H,2-13H2,1H3. The van der Waals surface area contributed by atoms with Crippen molar-refractivity contribution in [3.05, 3.63) is 0 Å². The van der Waals surface area contributed by atoms with Gasteiger partial charge in [-0.15, -0.1) is 0 Å². The first-order valence-electron chi connectivity index (χ1n) is 7.74. The molecule has 1 unspecified atom stereocenters. The lowest BCUT2D eigenvalue weighted by Crippen LogP contribution is -2.48. The van der Waals surface area contributed by atoms with Crippen molar-refractivity contribution in [2.75, 3.05) is 33.4 Å². The molecule has 0 aromatic heterocycles. The molecule has 106 valence electrons. The molecule has 0 aromatic carbocycles. The van der Waals surface area contributed by atoms with E-state index in [4.69, 9.17) is 9.47 Å². The molecular weight excluding hydrogens is 226 g/mol. The SMILES string of the molecule is COCCC1CN(C2CCCCCCC2)CCO1. The summed E-state index contributed by atoms with van der Waals surface area (Å²) >= 11 is 0. The number of morpholine rings is 1. The predicted molar refractivity (Wildman–Crippen MR) is 73.9 cm³/mol. The highest BCUT2D eigenvalue weighted by molar-refractivity contribution is 4.79. The highest BCUT2D eigenvalue weighted by Crippen LogP contribution is 2.23. The number of rotatable bonds is 4. The van der Waals surface area contributed by atoms with Crippen LogP contribution in [0.4, 0.5) is 0 Å². The van der Waals surface area contributed by atoms with Gasteiger partial charge in [0.15, 0.2) is 0 Å². The second kappa shape index (κ2) is 8.13. The van der Waals surface area contributed by atoms with E-state index in [1.807, 2.05) is 0 Å². The Morgan fingerprint density at radius 2 is 1.83 bits per heavy atom. The van der Waals surface area contributed by atoms with E-state index >= 15 is 0 Å². The molecule has 1 heterocycles. The van der Waals surface area contributed by atoms with Crippen LogP contribution in [0.3, 0.4) is 0 Å². The van der Waals surface area contributed by atoms with Gasteiger partial charge in [-0.05, 0) is 19.3 Å². The summed E-state index contributed by atoms with van der Waals surface area (Å²) in [4.78, 5) is 2.69. The summed E-state index contributed by atoms with van der Waals surface area (Å²) < 4.78 is 11.0. The van der Waals surface area contributed by atoms with E-state index in [0.717, 1.165) is 38.8 Å². The number of methoxy groups -OCH3 is 1. The highest BCUT2D eigenvalue weighted by atomic mass is 16.5. The largest absolute Gasteiger partial charge is 0.385 e. The van der Waals surface area contributed by atoms with E-state index < -0.39 is 0 Å². The van der Waals surface area contributed by atoms with Crippen molar-refractivity contribution >= 4 is 0 Å². The lowest BCUT2D eigenvalue weighted by molar-refractivity contribution is -0.0567. The van der Waals surface area contributed by atoms with E-state index in [2.05, 4.69) is 4.90 Å². The molecule has 0 bridgehead atoms. The lowest BCUT2D eigenvalue weighted by Gasteiger charge is -2.39. The molecule has 1 aliphatic heterocycles. The molecule has 2 fully saturated rings. The average Bonchev–Trinajstić information content (AvgIpc) is 2.36. The number of ether oxygens (including phenoxy) is 2. The zero-order valence-electron chi connectivity index (χ0n) is 11.9. The van der Waals surface area contributed by atoms with Crippen molar-refractivity contribution in [3.8, 4) is 0 Å². The lowest BCUT2D eigenvalue weighted by atomic mass is 9.95. The fraction of sp³-hybridized carbons (Fsp3) is 1.00. The minimum absolute atomic E-state index is 0.393. The van der Waals surface area contributed by atoms with E-state index in [9.17, 15) is 0 Å². The van der Waals surface area contributed by atoms with Gasteiger partial charge in [-0.2, -0.15) is 0 Å². The second-order valence-electron chi connectivity index (χ2n) is 5.77. The molecule has 1 atom stereocenters. The first kappa shape index (κ1) is 14.3. The molecule has 0 N–H and O–H groups in total. The van der Waals surface area contributed by atoms with Crippen LogP contribution in [0.1, 0.15) is 51.4 Å². The molecule has 0 spiro atoms. The topological polar surface area (TPSA) is 21.7 Å². The Morgan fingerprint density at radius 3 is 2.56 bits per heavy atom. The van der Waals surface area contributed by atoms with Gasteiger partial charge in [-0.25, -0.2) is 0 Å². The maximum Gasteiger partial charge on any atom is 0.0724 e. The summed E-state index contributed by atoms with van der Waals surface area (Å²) in [6.07, 6.45) is 11.4. The monoisotopic (exact) mass is 255 g/mol. The van der Waals surface area contributed by atoms with Gasteiger partial charge in [0.25, 0.3) is 0 Å². The minimum Gasteiger partial charge on any atom is -0.385 e. The summed E-state index contributed by atoms with van der Waals surface area (Å²) in [5.41, 5.74) is 0. The Kier molecular flexibility index (Phi) is 6.46. The third-order valence-corrected chi connectivity index (χ3v) is 4.41. The van der Waals surface area contributed by atoms with E-state index in [-0.39, 0.29) is 0 Å². The Labute approximate surface area is 112 Å². The molecule has 18 heavy (non-hydrogen) atoms. The van der Waals surface area contributed by atoms with Gasteiger partial charge in [0.2, 0.25) is 0 Å². The van der Waals surface area contributed by atoms with Gasteiger partial charge in [0, 0.05) is 32.8 Å². The van der Waals surface area contributed by atoms with Gasteiger partial charge < -0.3 is 9.47 Å². The summed E-state index contributed by atoms with van der Waals surface area (Å²) in [6, 6.07) is 0.819. The molecule has 1 saturated heterocycles. The summed E-state index contributed by atoms with van der Waals surface area (Å²) in [5, 5.41) is 0. The molecule has 0 radical (unpaired) electrons. The van der Waals surface area contributed by atoms with Gasteiger partial charge in [-0.1, -0.05) is 32.1 Å².